The van der Waals surface area contributed by atoms with E-state index in [1.165, 1.54) is 5.56 Å². The van der Waals surface area contributed by atoms with E-state index >= 15 is 0 Å². The highest BCUT2D eigenvalue weighted by Gasteiger charge is 2.25. The van der Waals surface area contributed by atoms with E-state index in [-0.39, 0.29) is 5.91 Å². The zero-order valence-electron chi connectivity index (χ0n) is 22.4. The number of nitrogens with one attached hydrogen (secondary N) is 1. The molecule has 0 heterocycles. The number of carbonyl (C=O) groups excluding carboxylic acids is 1. The van der Waals surface area contributed by atoms with Gasteiger partial charge in [-0.05, 0) is 46.9 Å². The third-order valence-electron chi connectivity index (χ3n) is 6.28. The zero-order chi connectivity index (χ0) is 27.8. The molecule has 0 radical (unpaired) electrons. The van der Waals surface area contributed by atoms with Gasteiger partial charge < -0.3 is 10.1 Å². The molecule has 0 saturated heterocycles. The Kier molecular flexibility index (Phi) is 8.86. The summed E-state index contributed by atoms with van der Waals surface area (Å²) < 4.78 is 5.84. The predicted octanol–water partition coefficient (Wildman–Crippen LogP) is 8.22. The summed E-state index contributed by atoms with van der Waals surface area (Å²) >= 11 is 6.46. The maximum atomic E-state index is 13.3. The van der Waals surface area contributed by atoms with Gasteiger partial charge in [-0.15, -0.1) is 0 Å². The molecule has 0 unspecified atom stereocenters. The van der Waals surface area contributed by atoms with Crippen molar-refractivity contribution in [2.45, 2.75) is 33.8 Å². The largest absolute Gasteiger partial charge is 0.487 e. The molecular formula is C34H31ClN2O2. The molecule has 0 aromatic heterocycles. The highest BCUT2D eigenvalue weighted by atomic mass is 35.5. The topological polar surface area (TPSA) is 62.1 Å². The number of rotatable bonds is 8. The third kappa shape index (κ3) is 7.37. The summed E-state index contributed by atoms with van der Waals surface area (Å²) in [5.74, 6) is 0.154. The zero-order valence-corrected chi connectivity index (χ0v) is 23.1. The van der Waals surface area contributed by atoms with E-state index in [1.54, 1.807) is 18.2 Å². The lowest BCUT2D eigenvalue weighted by molar-refractivity contribution is 0.0958. The second-order valence-corrected chi connectivity index (χ2v) is 10.8. The number of amides is 1. The van der Waals surface area contributed by atoms with Gasteiger partial charge in [-0.25, -0.2) is 0 Å². The molecule has 4 aromatic carbocycles. The van der Waals surface area contributed by atoms with Crippen LogP contribution in [-0.4, -0.2) is 5.91 Å². The highest BCUT2D eigenvalue weighted by Crippen LogP contribution is 2.32. The van der Waals surface area contributed by atoms with Crippen LogP contribution in [0.1, 0.15) is 53.4 Å². The normalized spacial score (nSPS) is 11.8. The van der Waals surface area contributed by atoms with Crippen LogP contribution in [0, 0.1) is 16.7 Å². The summed E-state index contributed by atoms with van der Waals surface area (Å²) in [7, 11) is 0. The van der Waals surface area contributed by atoms with Gasteiger partial charge in [0.25, 0.3) is 5.91 Å². The summed E-state index contributed by atoms with van der Waals surface area (Å²) in [4.78, 5) is 13.3. The van der Waals surface area contributed by atoms with Crippen LogP contribution in [0.2, 0.25) is 5.02 Å². The van der Waals surface area contributed by atoms with Crippen molar-refractivity contribution in [3.63, 3.8) is 0 Å². The van der Waals surface area contributed by atoms with Crippen molar-refractivity contribution < 1.29 is 9.53 Å². The molecule has 4 aromatic rings. The number of hydrogen-bond donors (Lipinski definition) is 1. The van der Waals surface area contributed by atoms with Crippen molar-refractivity contribution in [2.75, 3.05) is 0 Å². The number of ether oxygens (including phenoxy) is 1. The third-order valence-corrected chi connectivity index (χ3v) is 6.57. The number of benzene rings is 4. The maximum Gasteiger partial charge on any atom is 0.255 e. The summed E-state index contributed by atoms with van der Waals surface area (Å²) in [6.45, 7) is 6.28. The average Bonchev–Trinajstić information content (AvgIpc) is 2.93. The molecule has 39 heavy (non-hydrogen) atoms. The lowest BCUT2D eigenvalue weighted by atomic mass is 9.86. The molecule has 5 heteroatoms. The molecule has 4 nitrogen and oxygen atoms in total. The number of nitrogens with zero attached hydrogens (tertiary/aromatic N) is 1. The van der Waals surface area contributed by atoms with Crippen LogP contribution >= 0.6 is 11.6 Å². The minimum absolute atomic E-state index is 0.342. The number of nitriles is 1. The van der Waals surface area contributed by atoms with Crippen molar-refractivity contribution in [3.05, 3.63) is 142 Å². The van der Waals surface area contributed by atoms with E-state index in [4.69, 9.17) is 16.3 Å². The van der Waals surface area contributed by atoms with Gasteiger partial charge in [0.15, 0.2) is 0 Å². The Labute approximate surface area is 235 Å². The van der Waals surface area contributed by atoms with Crippen LogP contribution < -0.4 is 10.1 Å². The highest BCUT2D eigenvalue weighted by molar-refractivity contribution is 6.32. The first-order valence-corrected chi connectivity index (χ1v) is 13.2. The van der Waals surface area contributed by atoms with Crippen LogP contribution in [0.5, 0.6) is 5.75 Å². The molecule has 0 bridgehead atoms. The molecule has 0 aliphatic carbocycles. The van der Waals surface area contributed by atoms with Gasteiger partial charge in [0.2, 0.25) is 0 Å². The maximum absolute atomic E-state index is 13.3. The standard InChI is InChI=1S/C34H31ClN2O2/c1-34(2,3)32(29(22-36)27-16-14-25(15-17-27)20-24-10-6-4-7-11-24)37-33(38)28-18-19-31(30(35)21-28)39-23-26-12-8-5-9-13-26/h4-19,21H,20,23H2,1-3H3,(H,37,38). The van der Waals surface area contributed by atoms with E-state index in [0.717, 1.165) is 23.1 Å². The Bertz CT molecular complexity index is 1500. The van der Waals surface area contributed by atoms with E-state index < -0.39 is 5.41 Å². The van der Waals surface area contributed by atoms with Gasteiger partial charge in [-0.3, -0.25) is 4.79 Å². The molecule has 0 fully saturated rings. The lowest BCUT2D eigenvalue weighted by Gasteiger charge is -2.25. The van der Waals surface area contributed by atoms with Gasteiger partial charge in [0.1, 0.15) is 18.4 Å². The molecule has 0 aliphatic heterocycles. The van der Waals surface area contributed by atoms with Crippen LogP contribution in [0.4, 0.5) is 0 Å². The smallest absolute Gasteiger partial charge is 0.255 e. The van der Waals surface area contributed by atoms with Crippen LogP contribution in [-0.2, 0) is 13.0 Å². The summed E-state index contributed by atoms with van der Waals surface area (Å²) in [6, 6.07) is 35.2. The van der Waals surface area contributed by atoms with Gasteiger partial charge in [-0.1, -0.05) is 117 Å². The number of hydrogen-bond acceptors (Lipinski definition) is 3. The SMILES string of the molecule is CC(C)(C)C(NC(=O)c1ccc(OCc2ccccc2)c(Cl)c1)=C(C#N)c1ccc(Cc2ccccc2)cc1. The fraction of sp³-hybridized carbons (Fsp3) is 0.176. The molecule has 196 valence electrons. The van der Waals surface area contributed by atoms with Gasteiger partial charge in [0, 0.05) is 16.7 Å². The summed E-state index contributed by atoms with van der Waals surface area (Å²) in [6.07, 6.45) is 0.807. The minimum Gasteiger partial charge on any atom is -0.487 e. The quantitative estimate of drug-likeness (QED) is 0.232. The molecule has 0 spiro atoms. The van der Waals surface area contributed by atoms with E-state index in [1.807, 2.05) is 93.6 Å². The van der Waals surface area contributed by atoms with Crippen LogP contribution in [0.15, 0.2) is 109 Å². The lowest BCUT2D eigenvalue weighted by Crippen LogP contribution is -2.31. The first-order chi connectivity index (χ1) is 18.7. The van der Waals surface area contributed by atoms with Gasteiger partial charge in [-0.2, -0.15) is 5.26 Å². The van der Waals surface area contributed by atoms with Crippen molar-refractivity contribution in [1.29, 1.82) is 5.26 Å². The van der Waals surface area contributed by atoms with E-state index in [9.17, 15) is 10.1 Å². The van der Waals surface area contributed by atoms with Crippen molar-refractivity contribution >= 4 is 23.1 Å². The predicted molar refractivity (Wildman–Crippen MR) is 157 cm³/mol. The fourth-order valence-electron chi connectivity index (χ4n) is 4.19. The summed E-state index contributed by atoms with van der Waals surface area (Å²) in [5.41, 5.74) is 5.00. The van der Waals surface area contributed by atoms with Gasteiger partial charge in [0.05, 0.1) is 10.6 Å². The Morgan fingerprint density at radius 2 is 1.38 bits per heavy atom. The summed E-state index contributed by atoms with van der Waals surface area (Å²) in [5, 5.41) is 13.5. The number of halogens is 1. The Balaban J connectivity index is 1.54. The second kappa shape index (κ2) is 12.5. The number of allylic oxidation sites excluding steroid dienone is 2. The number of carbonyl (C=O) groups is 1. The Hall–Kier alpha value is -4.33. The van der Waals surface area contributed by atoms with Crippen molar-refractivity contribution in [1.82, 2.24) is 5.32 Å². The monoisotopic (exact) mass is 534 g/mol. The van der Waals surface area contributed by atoms with Crippen molar-refractivity contribution in [3.8, 4) is 11.8 Å². The molecule has 0 aliphatic rings. The van der Waals surface area contributed by atoms with Crippen LogP contribution in [0.25, 0.3) is 5.57 Å². The Morgan fingerprint density at radius 3 is 1.95 bits per heavy atom. The average molecular weight is 535 g/mol. The first-order valence-electron chi connectivity index (χ1n) is 12.8. The van der Waals surface area contributed by atoms with Gasteiger partial charge >= 0.3 is 0 Å². The minimum atomic E-state index is -0.494. The molecule has 0 saturated carbocycles. The van der Waals surface area contributed by atoms with E-state index in [0.29, 0.717) is 34.2 Å². The Morgan fingerprint density at radius 1 is 0.821 bits per heavy atom. The van der Waals surface area contributed by atoms with E-state index in [2.05, 4.69) is 23.5 Å². The molecule has 0 atom stereocenters. The molecular weight excluding hydrogens is 504 g/mol. The molecule has 4 rings (SSSR count). The first kappa shape index (κ1) is 27.7. The molecule has 1 N–H and O–H groups in total. The fourth-order valence-corrected chi connectivity index (χ4v) is 4.43. The van der Waals surface area contributed by atoms with Crippen LogP contribution in [0.3, 0.4) is 0 Å². The van der Waals surface area contributed by atoms with Crippen molar-refractivity contribution in [2.24, 2.45) is 5.41 Å². The molecule has 1 amide bonds. The second-order valence-electron chi connectivity index (χ2n) is 10.3.